The van der Waals surface area contributed by atoms with E-state index in [2.05, 4.69) is 42.5 Å². The smallest absolute Gasteiger partial charge is 0.0190 e. The van der Waals surface area contributed by atoms with Gasteiger partial charge in [0.25, 0.3) is 0 Å². The molecule has 2 saturated carbocycles. The largest absolute Gasteiger partial charge is 0.328 e. The van der Waals surface area contributed by atoms with Crippen molar-refractivity contribution in [3.8, 4) is 0 Å². The van der Waals surface area contributed by atoms with E-state index in [4.69, 9.17) is 11.5 Å². The van der Waals surface area contributed by atoms with Gasteiger partial charge in [0.15, 0.2) is 0 Å². The zero-order valence-corrected chi connectivity index (χ0v) is 12.5. The van der Waals surface area contributed by atoms with E-state index in [-0.39, 0.29) is 5.54 Å². The molecule has 2 atom stereocenters. The van der Waals surface area contributed by atoms with Crippen LogP contribution in [-0.4, -0.2) is 11.6 Å². The molecule has 4 rings (SSSR count). The van der Waals surface area contributed by atoms with E-state index in [1.165, 1.54) is 22.8 Å². The second kappa shape index (κ2) is 4.82. The lowest BCUT2D eigenvalue weighted by Crippen LogP contribution is -2.48. The molecule has 4 N–H and O–H groups in total. The van der Waals surface area contributed by atoms with Gasteiger partial charge in [0, 0.05) is 11.6 Å². The highest BCUT2D eigenvalue weighted by molar-refractivity contribution is 5.83. The summed E-state index contributed by atoms with van der Waals surface area (Å²) >= 11 is 0. The minimum Gasteiger partial charge on any atom is -0.328 e. The molecule has 110 valence electrons. The standard InChI is InChI=1S/C19H24N2/c20-16-7-9-19(21,10-8-16)18-12-17(18)15-6-5-13-3-1-2-4-14(13)11-15/h1-6,11,16-18H,7-10,12,20-21H2/t16?,17-,18-,19?/m1/s1. The Morgan fingerprint density at radius 1 is 0.952 bits per heavy atom. The van der Waals surface area contributed by atoms with E-state index in [1.807, 2.05) is 0 Å². The Labute approximate surface area is 126 Å². The molecule has 0 aliphatic heterocycles. The monoisotopic (exact) mass is 280 g/mol. The van der Waals surface area contributed by atoms with Crippen LogP contribution >= 0.6 is 0 Å². The SMILES string of the molecule is NC1CCC(N)([C@@H]2C[C@@H]2c2ccc3ccccc3c2)CC1. The number of hydrogen-bond donors (Lipinski definition) is 2. The van der Waals surface area contributed by atoms with Gasteiger partial charge in [0.2, 0.25) is 0 Å². The summed E-state index contributed by atoms with van der Waals surface area (Å²) in [4.78, 5) is 0. The molecule has 21 heavy (non-hydrogen) atoms. The first-order valence-corrected chi connectivity index (χ1v) is 8.19. The Morgan fingerprint density at radius 3 is 2.43 bits per heavy atom. The maximum Gasteiger partial charge on any atom is 0.0190 e. The molecule has 0 bridgehead atoms. The van der Waals surface area contributed by atoms with Crippen molar-refractivity contribution in [3.05, 3.63) is 48.0 Å². The van der Waals surface area contributed by atoms with Crippen molar-refractivity contribution in [2.75, 3.05) is 0 Å². The minimum atomic E-state index is 0.0339. The summed E-state index contributed by atoms with van der Waals surface area (Å²) in [7, 11) is 0. The second-order valence-corrected chi connectivity index (χ2v) is 7.13. The molecule has 0 unspecified atom stereocenters. The van der Waals surface area contributed by atoms with E-state index in [9.17, 15) is 0 Å². The quantitative estimate of drug-likeness (QED) is 0.884. The molecular formula is C19H24N2. The average molecular weight is 280 g/mol. The Morgan fingerprint density at radius 2 is 1.67 bits per heavy atom. The van der Waals surface area contributed by atoms with Gasteiger partial charge in [-0.1, -0.05) is 42.5 Å². The third kappa shape index (κ3) is 2.37. The highest BCUT2D eigenvalue weighted by Gasteiger charge is 2.51. The lowest BCUT2D eigenvalue weighted by molar-refractivity contribution is 0.239. The van der Waals surface area contributed by atoms with Crippen molar-refractivity contribution in [3.63, 3.8) is 0 Å². The van der Waals surface area contributed by atoms with E-state index < -0.39 is 0 Å². The van der Waals surface area contributed by atoms with Crippen LogP contribution in [0.25, 0.3) is 10.8 Å². The highest BCUT2D eigenvalue weighted by Crippen LogP contribution is 2.56. The molecule has 0 heterocycles. The Kier molecular flexibility index (Phi) is 3.05. The van der Waals surface area contributed by atoms with Crippen molar-refractivity contribution in [1.82, 2.24) is 0 Å². The van der Waals surface area contributed by atoms with Crippen LogP contribution in [0.5, 0.6) is 0 Å². The van der Waals surface area contributed by atoms with Gasteiger partial charge >= 0.3 is 0 Å². The molecule has 2 aliphatic rings. The lowest BCUT2D eigenvalue weighted by Gasteiger charge is -2.36. The van der Waals surface area contributed by atoms with Gasteiger partial charge in [0.1, 0.15) is 0 Å². The van der Waals surface area contributed by atoms with E-state index in [1.54, 1.807) is 0 Å². The molecule has 2 heteroatoms. The molecule has 0 saturated heterocycles. The number of hydrogen-bond acceptors (Lipinski definition) is 2. The molecule has 0 radical (unpaired) electrons. The first kappa shape index (κ1) is 13.3. The van der Waals surface area contributed by atoms with Gasteiger partial charge in [-0.25, -0.2) is 0 Å². The molecule has 2 nitrogen and oxygen atoms in total. The van der Waals surface area contributed by atoms with Crippen LogP contribution in [0, 0.1) is 5.92 Å². The summed E-state index contributed by atoms with van der Waals surface area (Å²) in [5.41, 5.74) is 14.2. The number of fused-ring (bicyclic) bond motifs is 1. The maximum absolute atomic E-state index is 6.71. The summed E-state index contributed by atoms with van der Waals surface area (Å²) in [5.74, 6) is 1.32. The topological polar surface area (TPSA) is 52.0 Å². The van der Waals surface area contributed by atoms with Crippen LogP contribution < -0.4 is 11.5 Å². The molecule has 0 aromatic heterocycles. The third-order valence-electron chi connectivity index (χ3n) is 5.69. The second-order valence-electron chi connectivity index (χ2n) is 7.13. The van der Waals surface area contributed by atoms with Crippen LogP contribution in [-0.2, 0) is 0 Å². The van der Waals surface area contributed by atoms with E-state index >= 15 is 0 Å². The summed E-state index contributed by atoms with van der Waals surface area (Å²) in [6.07, 6.45) is 5.64. The van der Waals surface area contributed by atoms with Crippen LogP contribution in [0.2, 0.25) is 0 Å². The van der Waals surface area contributed by atoms with Gasteiger partial charge in [0.05, 0.1) is 0 Å². The summed E-state index contributed by atoms with van der Waals surface area (Å²) in [6, 6.07) is 15.9. The van der Waals surface area contributed by atoms with Gasteiger partial charge in [-0.05, 0) is 60.3 Å². The Balaban J connectivity index is 1.55. The number of nitrogens with two attached hydrogens (primary N) is 2. The normalized spacial score (nSPS) is 35.8. The summed E-state index contributed by atoms with van der Waals surface area (Å²) in [6.45, 7) is 0. The Hall–Kier alpha value is -1.38. The van der Waals surface area contributed by atoms with Gasteiger partial charge in [-0.15, -0.1) is 0 Å². The van der Waals surface area contributed by atoms with Crippen molar-refractivity contribution in [1.29, 1.82) is 0 Å². The molecular weight excluding hydrogens is 256 g/mol. The third-order valence-corrected chi connectivity index (χ3v) is 5.69. The molecule has 2 aromatic carbocycles. The molecule has 2 aromatic rings. The van der Waals surface area contributed by atoms with Crippen molar-refractivity contribution >= 4 is 10.8 Å². The molecule has 0 amide bonds. The molecule has 2 fully saturated rings. The fraction of sp³-hybridized carbons (Fsp3) is 0.474. The number of rotatable bonds is 2. The predicted molar refractivity (Wildman–Crippen MR) is 88.2 cm³/mol. The minimum absolute atomic E-state index is 0.0339. The van der Waals surface area contributed by atoms with Gasteiger partial charge in [-0.2, -0.15) is 0 Å². The zero-order chi connectivity index (χ0) is 14.4. The highest BCUT2D eigenvalue weighted by atomic mass is 14.8. The van der Waals surface area contributed by atoms with Crippen LogP contribution in [0.1, 0.15) is 43.6 Å². The van der Waals surface area contributed by atoms with Crippen molar-refractivity contribution in [2.24, 2.45) is 17.4 Å². The molecule has 0 spiro atoms. The Bertz CT molecular complexity index is 655. The zero-order valence-electron chi connectivity index (χ0n) is 12.5. The van der Waals surface area contributed by atoms with Crippen LogP contribution in [0.4, 0.5) is 0 Å². The fourth-order valence-corrected chi connectivity index (χ4v) is 4.19. The predicted octanol–water partition coefficient (Wildman–Crippen LogP) is 3.54. The van der Waals surface area contributed by atoms with Crippen molar-refractivity contribution in [2.45, 2.75) is 49.6 Å². The first-order valence-electron chi connectivity index (χ1n) is 8.19. The maximum atomic E-state index is 6.71. The average Bonchev–Trinajstić information content (AvgIpc) is 3.31. The van der Waals surface area contributed by atoms with Gasteiger partial charge in [-0.3, -0.25) is 0 Å². The van der Waals surface area contributed by atoms with Gasteiger partial charge < -0.3 is 11.5 Å². The van der Waals surface area contributed by atoms with Crippen LogP contribution in [0.15, 0.2) is 42.5 Å². The molecule has 2 aliphatic carbocycles. The number of benzene rings is 2. The fourth-order valence-electron chi connectivity index (χ4n) is 4.19. The summed E-state index contributed by atoms with van der Waals surface area (Å²) < 4.78 is 0. The summed E-state index contributed by atoms with van der Waals surface area (Å²) in [5, 5.41) is 2.67. The van der Waals surface area contributed by atoms with E-state index in [0.29, 0.717) is 17.9 Å². The lowest BCUT2D eigenvalue weighted by atomic mass is 9.76. The van der Waals surface area contributed by atoms with Crippen molar-refractivity contribution < 1.29 is 0 Å². The first-order chi connectivity index (χ1) is 10.2. The van der Waals surface area contributed by atoms with Crippen LogP contribution in [0.3, 0.4) is 0 Å². The van der Waals surface area contributed by atoms with E-state index in [0.717, 1.165) is 25.7 Å².